The number of nitrogens with zero attached hydrogens (tertiary/aromatic N) is 2. The van der Waals surface area contributed by atoms with Gasteiger partial charge in [0.15, 0.2) is 0 Å². The van der Waals surface area contributed by atoms with Crippen LogP contribution in [0.4, 0.5) is 0 Å². The molecule has 0 fully saturated rings. The quantitative estimate of drug-likeness (QED) is 0.684. The molecule has 1 aromatic heterocycles. The first-order valence-electron chi connectivity index (χ1n) is 4.31. The lowest BCUT2D eigenvalue weighted by Crippen LogP contribution is -2.05. The van der Waals surface area contributed by atoms with Gasteiger partial charge in [0.25, 0.3) is 0 Å². The molecular formula is C9H16N2O. The fourth-order valence-electron chi connectivity index (χ4n) is 0.903. The van der Waals surface area contributed by atoms with Crippen molar-refractivity contribution < 1.29 is 4.74 Å². The Morgan fingerprint density at radius 1 is 1.67 bits per heavy atom. The van der Waals surface area contributed by atoms with E-state index in [9.17, 15) is 0 Å². The fraction of sp³-hybridized carbons (Fsp3) is 0.667. The number of aryl methyl sites for hydroxylation is 1. The summed E-state index contributed by atoms with van der Waals surface area (Å²) in [4.78, 5) is 0. The largest absolute Gasteiger partial charge is 0.374 e. The number of rotatable bonds is 4. The Morgan fingerprint density at radius 3 is 2.92 bits per heavy atom. The molecule has 0 aliphatic carbocycles. The van der Waals surface area contributed by atoms with Crippen LogP contribution in [0.5, 0.6) is 0 Å². The van der Waals surface area contributed by atoms with E-state index in [-0.39, 0.29) is 0 Å². The molecule has 0 aliphatic heterocycles. The summed E-state index contributed by atoms with van der Waals surface area (Å²) < 4.78 is 7.32. The molecule has 12 heavy (non-hydrogen) atoms. The van der Waals surface area contributed by atoms with Crippen LogP contribution in [0, 0.1) is 0 Å². The normalized spacial score (nSPS) is 13.2. The van der Waals surface area contributed by atoms with E-state index in [1.807, 2.05) is 19.4 Å². The van der Waals surface area contributed by atoms with Crippen LogP contribution >= 0.6 is 0 Å². The van der Waals surface area contributed by atoms with Crippen molar-refractivity contribution in [2.24, 2.45) is 7.05 Å². The summed E-state index contributed by atoms with van der Waals surface area (Å²) in [5, 5.41) is 4.06. The van der Waals surface area contributed by atoms with Crippen LogP contribution in [-0.2, 0) is 18.4 Å². The fourth-order valence-corrected chi connectivity index (χ4v) is 0.903. The van der Waals surface area contributed by atoms with Gasteiger partial charge in [-0.15, -0.1) is 0 Å². The van der Waals surface area contributed by atoms with Gasteiger partial charge in [-0.2, -0.15) is 5.10 Å². The number of ether oxygens (including phenoxy) is 1. The summed E-state index contributed by atoms with van der Waals surface area (Å²) in [6.45, 7) is 4.87. The van der Waals surface area contributed by atoms with E-state index >= 15 is 0 Å². The maximum absolute atomic E-state index is 5.54. The zero-order chi connectivity index (χ0) is 8.97. The predicted octanol–water partition coefficient (Wildman–Crippen LogP) is 1.74. The van der Waals surface area contributed by atoms with Crippen molar-refractivity contribution in [1.82, 2.24) is 9.78 Å². The molecule has 0 saturated carbocycles. The molecule has 3 nitrogen and oxygen atoms in total. The van der Waals surface area contributed by atoms with Crippen molar-refractivity contribution in [3.63, 3.8) is 0 Å². The third kappa shape index (κ3) is 2.66. The van der Waals surface area contributed by atoms with E-state index in [1.54, 1.807) is 4.68 Å². The van der Waals surface area contributed by atoms with Crippen LogP contribution in [0.15, 0.2) is 12.4 Å². The summed E-state index contributed by atoms with van der Waals surface area (Å²) >= 11 is 0. The van der Waals surface area contributed by atoms with Crippen LogP contribution in [-0.4, -0.2) is 15.9 Å². The molecule has 0 radical (unpaired) electrons. The number of hydrogen-bond donors (Lipinski definition) is 0. The van der Waals surface area contributed by atoms with Crippen molar-refractivity contribution in [2.45, 2.75) is 33.0 Å². The highest BCUT2D eigenvalue weighted by atomic mass is 16.5. The smallest absolute Gasteiger partial charge is 0.0751 e. The maximum Gasteiger partial charge on any atom is 0.0751 e. The first-order chi connectivity index (χ1) is 5.72. The van der Waals surface area contributed by atoms with Crippen molar-refractivity contribution in [3.05, 3.63) is 18.0 Å². The van der Waals surface area contributed by atoms with Gasteiger partial charge in [0, 0.05) is 18.8 Å². The lowest BCUT2D eigenvalue weighted by Gasteiger charge is -2.08. The second-order valence-corrected chi connectivity index (χ2v) is 3.05. The zero-order valence-corrected chi connectivity index (χ0v) is 7.95. The minimum Gasteiger partial charge on any atom is -0.374 e. The van der Waals surface area contributed by atoms with Crippen LogP contribution in [0.2, 0.25) is 0 Å². The Bertz CT molecular complexity index is 232. The summed E-state index contributed by atoms with van der Waals surface area (Å²) in [5.41, 5.74) is 1.14. The van der Waals surface area contributed by atoms with Gasteiger partial charge in [0.2, 0.25) is 0 Å². The topological polar surface area (TPSA) is 27.1 Å². The third-order valence-electron chi connectivity index (χ3n) is 1.87. The molecule has 0 saturated heterocycles. The highest BCUT2D eigenvalue weighted by molar-refractivity contribution is 5.01. The first kappa shape index (κ1) is 9.26. The molecule has 3 heteroatoms. The van der Waals surface area contributed by atoms with E-state index in [4.69, 9.17) is 4.74 Å². The van der Waals surface area contributed by atoms with Crippen LogP contribution in [0.3, 0.4) is 0 Å². The highest BCUT2D eigenvalue weighted by Crippen LogP contribution is 2.03. The zero-order valence-electron chi connectivity index (χ0n) is 7.95. The van der Waals surface area contributed by atoms with E-state index in [0.29, 0.717) is 12.7 Å². The molecule has 1 atom stereocenters. The average Bonchev–Trinajstić information content (AvgIpc) is 2.47. The molecule has 68 valence electrons. The SMILES string of the molecule is CCC(C)OCc1cnn(C)c1. The first-order valence-corrected chi connectivity index (χ1v) is 4.31. The molecule has 0 N–H and O–H groups in total. The van der Waals surface area contributed by atoms with Crippen molar-refractivity contribution in [2.75, 3.05) is 0 Å². The van der Waals surface area contributed by atoms with Gasteiger partial charge >= 0.3 is 0 Å². The minimum absolute atomic E-state index is 0.338. The summed E-state index contributed by atoms with van der Waals surface area (Å²) in [5.74, 6) is 0. The van der Waals surface area contributed by atoms with Crippen LogP contribution in [0.25, 0.3) is 0 Å². The third-order valence-corrected chi connectivity index (χ3v) is 1.87. The van der Waals surface area contributed by atoms with Gasteiger partial charge in [-0.25, -0.2) is 0 Å². The lowest BCUT2D eigenvalue weighted by atomic mass is 10.3. The van der Waals surface area contributed by atoms with E-state index in [1.165, 1.54) is 0 Å². The molecule has 1 aromatic rings. The van der Waals surface area contributed by atoms with Gasteiger partial charge in [0.1, 0.15) is 0 Å². The number of hydrogen-bond acceptors (Lipinski definition) is 2. The molecule has 0 aliphatic rings. The molecule has 0 aromatic carbocycles. The summed E-state index contributed by atoms with van der Waals surface area (Å²) in [6.07, 6.45) is 5.20. The second-order valence-electron chi connectivity index (χ2n) is 3.05. The lowest BCUT2D eigenvalue weighted by molar-refractivity contribution is 0.0508. The Morgan fingerprint density at radius 2 is 2.42 bits per heavy atom. The average molecular weight is 168 g/mol. The molecule has 0 spiro atoms. The summed E-state index contributed by atoms with van der Waals surface area (Å²) in [6, 6.07) is 0. The Balaban J connectivity index is 2.33. The molecule has 0 amide bonds. The van der Waals surface area contributed by atoms with Gasteiger partial charge in [-0.1, -0.05) is 6.92 Å². The van der Waals surface area contributed by atoms with E-state index in [0.717, 1.165) is 12.0 Å². The van der Waals surface area contributed by atoms with E-state index in [2.05, 4.69) is 18.9 Å². The minimum atomic E-state index is 0.338. The van der Waals surface area contributed by atoms with Gasteiger partial charge in [-0.05, 0) is 13.3 Å². The van der Waals surface area contributed by atoms with Gasteiger partial charge in [-0.3, -0.25) is 4.68 Å². The Kier molecular flexibility index (Phi) is 3.29. The van der Waals surface area contributed by atoms with Crippen LogP contribution in [0.1, 0.15) is 25.8 Å². The second kappa shape index (κ2) is 4.26. The molecular weight excluding hydrogens is 152 g/mol. The van der Waals surface area contributed by atoms with Crippen molar-refractivity contribution in [1.29, 1.82) is 0 Å². The Hall–Kier alpha value is -0.830. The van der Waals surface area contributed by atoms with Crippen molar-refractivity contribution >= 4 is 0 Å². The Labute approximate surface area is 73.3 Å². The maximum atomic E-state index is 5.54. The van der Waals surface area contributed by atoms with Gasteiger partial charge < -0.3 is 4.74 Å². The standard InChI is InChI=1S/C9H16N2O/c1-4-8(2)12-7-9-5-10-11(3)6-9/h5-6,8H,4,7H2,1-3H3. The highest BCUT2D eigenvalue weighted by Gasteiger charge is 2.00. The molecule has 1 heterocycles. The van der Waals surface area contributed by atoms with Crippen molar-refractivity contribution in [3.8, 4) is 0 Å². The molecule has 0 bridgehead atoms. The predicted molar refractivity (Wildman–Crippen MR) is 47.8 cm³/mol. The number of aromatic nitrogens is 2. The van der Waals surface area contributed by atoms with Crippen LogP contribution < -0.4 is 0 Å². The monoisotopic (exact) mass is 168 g/mol. The molecule has 1 rings (SSSR count). The van der Waals surface area contributed by atoms with E-state index < -0.39 is 0 Å². The summed E-state index contributed by atoms with van der Waals surface area (Å²) in [7, 11) is 1.91. The molecule has 1 unspecified atom stereocenters. The van der Waals surface area contributed by atoms with Gasteiger partial charge in [0.05, 0.1) is 18.9 Å².